The number of carboxylic acids is 1. The van der Waals surface area contributed by atoms with Gasteiger partial charge in [0.2, 0.25) is 29.5 Å². The average Bonchev–Trinajstić information content (AvgIpc) is 1.63. The summed E-state index contributed by atoms with van der Waals surface area (Å²) in [5.41, 5.74) is -0.613. The molecule has 0 bridgehead atoms. The van der Waals surface area contributed by atoms with Crippen LogP contribution in [0.25, 0.3) is 0 Å². The molecule has 7 aliphatic carbocycles. The number of rotatable bonds is 34. The first-order valence-corrected chi connectivity index (χ1v) is 38.3. The van der Waals surface area contributed by atoms with Gasteiger partial charge in [0, 0.05) is 101 Å². The lowest BCUT2D eigenvalue weighted by Gasteiger charge is -2.27. The predicted octanol–water partition coefficient (Wildman–Crippen LogP) is 15.1. The lowest BCUT2D eigenvalue weighted by molar-refractivity contribution is -0.148. The summed E-state index contributed by atoms with van der Waals surface area (Å²) in [5.74, 6) is 0.918. The van der Waals surface area contributed by atoms with E-state index in [1.54, 1.807) is 20.8 Å². The second kappa shape index (κ2) is 51.2. The molecule has 0 radical (unpaired) electrons. The second-order valence-electron chi connectivity index (χ2n) is 30.8. The van der Waals surface area contributed by atoms with Crippen LogP contribution in [-0.4, -0.2) is 201 Å². The van der Waals surface area contributed by atoms with Gasteiger partial charge in [0.05, 0.1) is 57.0 Å². The van der Waals surface area contributed by atoms with E-state index >= 15 is 0 Å². The van der Waals surface area contributed by atoms with Gasteiger partial charge in [-0.25, -0.2) is 4.39 Å². The number of aryl methyl sites for hydroxylation is 1. The molecule has 0 heterocycles. The number of methoxy groups -OCH3 is 1. The van der Waals surface area contributed by atoms with E-state index in [4.69, 9.17) is 20.1 Å². The Morgan fingerprint density at radius 3 is 1.26 bits per heavy atom. The van der Waals surface area contributed by atoms with Crippen molar-refractivity contribution in [3.63, 3.8) is 0 Å². The SMILES string of the molecule is CC(C)C.CC(CF)CF.CC1CC1F.CCCCOc1cccc(C)c1.CCCN(C(=O)CC(C)(C)CO)C1CC1.CCCN(C(=O)CC(C)(C)O)C1CC1.CCCN(C(=O)CC(C)C(=O)OC)C1CC1.CCCN(C(=O)CC1(C(=O)O)CC1)C1CC1.CCCN(C(=O)CCO)C1CC1. The smallest absolute Gasteiger partial charge is 0.310 e. The number of alkyl halides is 3. The number of carbonyl (C=O) groups is 7. The fraction of sp³-hybridized carbons (Fsp3) is 0.835. The number of aliphatic hydroxyl groups excluding tert-OH is 2. The Labute approximate surface area is 603 Å². The predicted molar refractivity (Wildman–Crippen MR) is 395 cm³/mol. The summed E-state index contributed by atoms with van der Waals surface area (Å²) in [6.07, 6.45) is 21.7. The summed E-state index contributed by atoms with van der Waals surface area (Å²) in [4.78, 5) is 91.1. The van der Waals surface area contributed by atoms with Crippen molar-refractivity contribution in [2.45, 2.75) is 320 Å². The van der Waals surface area contributed by atoms with Gasteiger partial charge in [0.15, 0.2) is 0 Å². The largest absolute Gasteiger partial charge is 0.494 e. The maximum Gasteiger partial charge on any atom is 0.310 e. The van der Waals surface area contributed by atoms with Gasteiger partial charge in [-0.15, -0.1) is 0 Å². The highest BCUT2D eigenvalue weighted by molar-refractivity contribution is 5.87. The lowest BCUT2D eigenvalue weighted by Crippen LogP contribution is -2.38. The number of ether oxygens (including phenoxy) is 2. The quantitative estimate of drug-likeness (QED) is 0.0372. The number of esters is 1. The van der Waals surface area contributed by atoms with Crippen LogP contribution in [0.2, 0.25) is 0 Å². The average molecular weight is 1430 g/mol. The zero-order valence-corrected chi connectivity index (χ0v) is 65.7. The topological polar surface area (TPSA) is 235 Å². The highest BCUT2D eigenvalue weighted by Gasteiger charge is 2.53. The maximum atomic E-state index is 12.0. The summed E-state index contributed by atoms with van der Waals surface area (Å²) >= 11 is 0. The molecule has 4 N–H and O–H groups in total. The fourth-order valence-corrected chi connectivity index (χ4v) is 10.00. The summed E-state index contributed by atoms with van der Waals surface area (Å²) in [6, 6.07) is 10.4. The summed E-state index contributed by atoms with van der Waals surface area (Å²) in [5, 5.41) is 36.4. The standard InChI is InChI=1S/C12H19NO3.C12H21NO3.C12H23NO2.C11H21NO2.C11H16O.C9H17NO2.C4H8F2.C4H7F.C4H10/c1-2-7-13(9-3-4-9)10(14)8-12(5-6-12)11(15)16;1-4-7-13(10-5-6-10)11(14)8-9(2)12(15)16-3;1-4-7-13(10-5-6-10)11(15)8-12(2,3)9-14;1-4-7-12(9-5-6-9)10(13)8-11(2,3)14;1-3-4-8-12-11-7-5-6-10(2)9-11;1-2-6-10(8-3-4-8)9(12)5-7-11;1-4(2-5)3-6;1-3-2-4(3)5;1-4(2)3/h9H,2-8H2,1H3,(H,15,16);9-10H,4-8H2,1-3H3;10,14H,4-9H2,1-3H3;9,14H,4-8H2,1-3H3;5-7,9H,3-4,8H2,1-2H3;8,11H,2-7H2,1H3;4H,2-3H2,1H3;3-4H,2H2,1H3;4H,1-3H3. The molecular weight excluding hydrogens is 1280 g/mol. The number of benzene rings is 1. The number of nitrogens with zero attached hydrogens (tertiary/aromatic N) is 5. The van der Waals surface area contributed by atoms with Crippen LogP contribution in [0.3, 0.4) is 0 Å². The summed E-state index contributed by atoms with van der Waals surface area (Å²) in [6.45, 7) is 37.4. The van der Waals surface area contributed by atoms with Crippen molar-refractivity contribution in [3.8, 4) is 5.75 Å². The van der Waals surface area contributed by atoms with E-state index in [1.165, 1.54) is 26.0 Å². The second-order valence-corrected chi connectivity index (χ2v) is 30.8. The van der Waals surface area contributed by atoms with Crippen LogP contribution in [0, 0.1) is 41.4 Å². The van der Waals surface area contributed by atoms with Gasteiger partial charge in [-0.3, -0.25) is 42.3 Å². The molecule has 7 aliphatic rings. The van der Waals surface area contributed by atoms with E-state index in [1.807, 2.05) is 64.3 Å². The maximum absolute atomic E-state index is 12.0. The van der Waals surface area contributed by atoms with E-state index in [0.29, 0.717) is 55.4 Å². The molecule has 1 aromatic rings. The van der Waals surface area contributed by atoms with Crippen LogP contribution >= 0.6 is 0 Å². The number of aliphatic hydroxyl groups is 3. The van der Waals surface area contributed by atoms with E-state index in [2.05, 4.69) is 79.2 Å². The Morgan fingerprint density at radius 1 is 0.610 bits per heavy atom. The van der Waals surface area contributed by atoms with Gasteiger partial charge in [0.25, 0.3) is 0 Å². The van der Waals surface area contributed by atoms with Gasteiger partial charge in [-0.1, -0.05) is 115 Å². The van der Waals surface area contributed by atoms with Crippen LogP contribution in [0.4, 0.5) is 13.2 Å². The number of aliphatic carboxylic acids is 1. The Hall–Kier alpha value is -5.02. The minimum atomic E-state index is -0.877. The van der Waals surface area contributed by atoms with Gasteiger partial charge in [-0.05, 0) is 178 Å². The minimum absolute atomic E-state index is 0.0221. The Morgan fingerprint density at radius 2 is 0.980 bits per heavy atom. The van der Waals surface area contributed by atoms with Crippen molar-refractivity contribution < 1.29 is 76.6 Å². The van der Waals surface area contributed by atoms with E-state index in [-0.39, 0.29) is 85.7 Å². The molecule has 0 saturated heterocycles. The molecule has 18 nitrogen and oxygen atoms in total. The van der Waals surface area contributed by atoms with Gasteiger partial charge in [-0.2, -0.15) is 0 Å². The van der Waals surface area contributed by atoms with Crippen LogP contribution < -0.4 is 4.74 Å². The van der Waals surface area contributed by atoms with Crippen molar-refractivity contribution in [1.82, 2.24) is 24.5 Å². The number of carboxylic acid groups (broad SMARTS) is 1. The first-order valence-electron chi connectivity index (χ1n) is 38.3. The first kappa shape index (κ1) is 95.0. The molecule has 582 valence electrons. The highest BCUT2D eigenvalue weighted by atomic mass is 19.1. The van der Waals surface area contributed by atoms with Crippen LogP contribution in [0.1, 0.15) is 277 Å². The molecule has 5 amide bonds. The molecule has 0 spiro atoms. The van der Waals surface area contributed by atoms with Crippen molar-refractivity contribution in [2.24, 2.45) is 34.5 Å². The fourth-order valence-electron chi connectivity index (χ4n) is 10.00. The van der Waals surface area contributed by atoms with Gasteiger partial charge >= 0.3 is 11.9 Å². The minimum Gasteiger partial charge on any atom is -0.494 e. The van der Waals surface area contributed by atoms with Crippen molar-refractivity contribution in [3.05, 3.63) is 29.8 Å². The number of carbonyl (C=O) groups excluding carboxylic acids is 6. The van der Waals surface area contributed by atoms with Crippen molar-refractivity contribution in [1.29, 1.82) is 0 Å². The number of hydrogen-bond acceptors (Lipinski definition) is 12. The normalized spacial score (nSPS) is 17.5. The third-order valence-corrected chi connectivity index (χ3v) is 17.0. The number of unbranched alkanes of at least 4 members (excludes halogenated alkanes) is 1. The molecule has 7 fully saturated rings. The molecule has 0 aliphatic heterocycles. The van der Waals surface area contributed by atoms with Gasteiger partial charge in [0.1, 0.15) is 11.9 Å². The molecule has 3 unspecified atom stereocenters. The zero-order valence-electron chi connectivity index (χ0n) is 65.7. The number of halogens is 3. The number of amides is 5. The molecule has 21 heteroatoms. The molecule has 7 saturated carbocycles. The number of hydrogen-bond donors (Lipinski definition) is 4. The van der Waals surface area contributed by atoms with E-state index in [9.17, 15) is 51.8 Å². The highest BCUT2D eigenvalue weighted by Crippen LogP contribution is 2.50. The molecule has 0 aromatic heterocycles. The van der Waals surface area contributed by atoms with Crippen molar-refractivity contribution >= 4 is 41.5 Å². The molecule has 100 heavy (non-hydrogen) atoms. The van der Waals surface area contributed by atoms with Crippen molar-refractivity contribution in [2.75, 3.05) is 73.0 Å². The Balaban J connectivity index is 0.00000113. The van der Waals surface area contributed by atoms with Crippen LogP contribution in [0.15, 0.2) is 24.3 Å². The summed E-state index contributed by atoms with van der Waals surface area (Å²) in [7, 11) is 1.36. The third kappa shape index (κ3) is 45.2. The van der Waals surface area contributed by atoms with Crippen LogP contribution in [0.5, 0.6) is 5.75 Å². The zero-order chi connectivity index (χ0) is 76.3. The van der Waals surface area contributed by atoms with Crippen LogP contribution in [-0.2, 0) is 38.3 Å². The Kier molecular flexibility index (Phi) is 48.6. The molecular formula is C79H142F3N5O13. The lowest BCUT2D eigenvalue weighted by atomic mass is 9.90. The summed E-state index contributed by atoms with van der Waals surface area (Å²) < 4.78 is 43.9. The monoisotopic (exact) mass is 1430 g/mol. The van der Waals surface area contributed by atoms with E-state index in [0.717, 1.165) is 160 Å². The first-order chi connectivity index (χ1) is 47.1. The van der Waals surface area contributed by atoms with E-state index < -0.39 is 42.4 Å². The molecule has 3 atom stereocenters. The Bertz CT molecular complexity index is 2410. The van der Waals surface area contributed by atoms with Gasteiger partial charge < -0.3 is 54.4 Å². The molecule has 8 rings (SSSR count). The molecule has 1 aromatic carbocycles. The third-order valence-electron chi connectivity index (χ3n) is 17.0.